The molecule has 1 unspecified atom stereocenters. The molecule has 3 aliphatic carbocycles. The first-order chi connectivity index (χ1) is 26.0. The zero-order valence-electron chi connectivity index (χ0n) is 35.7. The van der Waals surface area contributed by atoms with Gasteiger partial charge < -0.3 is 15.1 Å². The summed E-state index contributed by atoms with van der Waals surface area (Å²) in [5.74, 6) is 1.30. The minimum Gasteiger partial charge on any atom is -0.354 e. The molecule has 53 heavy (non-hydrogen) atoms. The molecule has 2 amide bonds. The second-order valence-corrected chi connectivity index (χ2v) is 17.0. The van der Waals surface area contributed by atoms with Crippen LogP contribution < -0.4 is 5.32 Å². The molecule has 0 saturated heterocycles. The average molecular weight is 738 g/mol. The molecule has 0 aliphatic heterocycles. The molecule has 0 aromatic carbocycles. The van der Waals surface area contributed by atoms with Gasteiger partial charge in [-0.3, -0.25) is 9.59 Å². The van der Waals surface area contributed by atoms with Crippen molar-refractivity contribution >= 4 is 11.8 Å². The number of carbonyl (C=O) groups is 2. The Morgan fingerprint density at radius 2 is 1.06 bits per heavy atom. The maximum atomic E-state index is 14.1. The van der Waals surface area contributed by atoms with Crippen LogP contribution in [0.25, 0.3) is 0 Å². The minimum atomic E-state index is -0.617. The molecule has 3 rings (SSSR count). The largest absolute Gasteiger partial charge is 0.354 e. The van der Waals surface area contributed by atoms with E-state index in [-0.39, 0.29) is 11.8 Å². The quantitative estimate of drug-likeness (QED) is 0.0514. The van der Waals surface area contributed by atoms with Crippen molar-refractivity contribution in [3.8, 4) is 0 Å². The van der Waals surface area contributed by atoms with Gasteiger partial charge in [0.1, 0.15) is 5.54 Å². The summed E-state index contributed by atoms with van der Waals surface area (Å²) in [7, 11) is 4.19. The van der Waals surface area contributed by atoms with Gasteiger partial charge in [0.15, 0.2) is 0 Å². The van der Waals surface area contributed by atoms with Gasteiger partial charge in [-0.2, -0.15) is 0 Å². The van der Waals surface area contributed by atoms with Gasteiger partial charge in [0.05, 0.1) is 0 Å². The number of unbranched alkanes of at least 4 members (excludes halogenated alkanes) is 20. The molecule has 0 spiro atoms. The predicted molar refractivity (Wildman–Crippen MR) is 230 cm³/mol. The lowest BCUT2D eigenvalue weighted by atomic mass is 9.78. The second kappa shape index (κ2) is 31.3. The molecule has 0 heterocycles. The van der Waals surface area contributed by atoms with Crippen LogP contribution >= 0.6 is 0 Å². The van der Waals surface area contributed by atoms with Crippen LogP contribution in [-0.2, 0) is 9.59 Å². The molecule has 1 atom stereocenters. The highest BCUT2D eigenvalue weighted by Gasteiger charge is 2.63. The van der Waals surface area contributed by atoms with Gasteiger partial charge in [0, 0.05) is 19.5 Å². The predicted octanol–water partition coefficient (Wildman–Crippen LogP) is 12.9. The maximum absolute atomic E-state index is 14.1. The Morgan fingerprint density at radius 1 is 0.585 bits per heavy atom. The molecule has 3 fully saturated rings. The van der Waals surface area contributed by atoms with Crippen molar-refractivity contribution in [3.63, 3.8) is 0 Å². The number of nitrogens with one attached hydrogen (secondary N) is 1. The van der Waals surface area contributed by atoms with Crippen molar-refractivity contribution in [1.29, 1.82) is 0 Å². The number of hydrogen-bond donors (Lipinski definition) is 1. The summed E-state index contributed by atoms with van der Waals surface area (Å²) in [4.78, 5) is 32.3. The van der Waals surface area contributed by atoms with Crippen molar-refractivity contribution in [2.75, 3.05) is 33.7 Å². The highest BCUT2D eigenvalue weighted by molar-refractivity contribution is 5.92. The van der Waals surface area contributed by atoms with E-state index in [1.165, 1.54) is 128 Å². The Hall–Kier alpha value is -1.88. The Bertz CT molecular complexity index is 997. The molecule has 0 radical (unpaired) electrons. The third kappa shape index (κ3) is 20.6. The fourth-order valence-corrected chi connectivity index (χ4v) is 8.67. The normalized spacial score (nSPS) is 19.6. The van der Waals surface area contributed by atoms with E-state index in [0.29, 0.717) is 24.8 Å². The molecule has 1 N–H and O–H groups in total. The molecule has 306 valence electrons. The van der Waals surface area contributed by atoms with Crippen LogP contribution in [0.1, 0.15) is 206 Å². The number of fused-ring (bicyclic) bond motifs is 1. The maximum Gasteiger partial charge on any atom is 0.246 e. The van der Waals surface area contributed by atoms with E-state index in [9.17, 15) is 9.59 Å². The van der Waals surface area contributed by atoms with Gasteiger partial charge in [-0.1, -0.05) is 140 Å². The lowest BCUT2D eigenvalue weighted by molar-refractivity contribution is -0.150. The Morgan fingerprint density at radius 3 is 1.58 bits per heavy atom. The third-order valence-electron chi connectivity index (χ3n) is 12.0. The first kappa shape index (κ1) is 47.3. The molecule has 5 heteroatoms. The number of amides is 2. The van der Waals surface area contributed by atoms with Gasteiger partial charge in [-0.25, -0.2) is 0 Å². The number of allylic oxidation sites excluding steroid dienone is 6. The zero-order valence-corrected chi connectivity index (χ0v) is 35.7. The topological polar surface area (TPSA) is 52.7 Å². The van der Waals surface area contributed by atoms with E-state index >= 15 is 0 Å². The minimum absolute atomic E-state index is 0.147. The summed E-state index contributed by atoms with van der Waals surface area (Å²) >= 11 is 0. The third-order valence-corrected chi connectivity index (χ3v) is 12.0. The zero-order chi connectivity index (χ0) is 38.2. The monoisotopic (exact) mass is 738 g/mol. The van der Waals surface area contributed by atoms with Gasteiger partial charge in [0.2, 0.25) is 11.8 Å². The van der Waals surface area contributed by atoms with Crippen molar-refractivity contribution in [3.05, 3.63) is 36.5 Å². The SMILES string of the molecule is CCCCC/C=C\C/C=C\CCCCCCCC(=O)N(CCCN(C)C)C1(C(=O)NCCCCCCCC/C=C\CCCCCCCC)CC2CC1C2. The smallest absolute Gasteiger partial charge is 0.246 e. The molecule has 3 aliphatic rings. The van der Waals surface area contributed by atoms with E-state index in [1.807, 2.05) is 0 Å². The first-order valence-corrected chi connectivity index (χ1v) is 23.1. The lowest BCUT2D eigenvalue weighted by Crippen LogP contribution is -2.62. The van der Waals surface area contributed by atoms with Gasteiger partial charge in [0.25, 0.3) is 0 Å². The fourth-order valence-electron chi connectivity index (χ4n) is 8.67. The molecule has 0 aromatic heterocycles. The molecular formula is C48H87N3O2. The Labute approximate surface area is 329 Å². The van der Waals surface area contributed by atoms with Crippen molar-refractivity contribution in [1.82, 2.24) is 15.1 Å². The van der Waals surface area contributed by atoms with Crippen molar-refractivity contribution in [2.24, 2.45) is 11.8 Å². The summed E-state index contributed by atoms with van der Waals surface area (Å²) in [5, 5.41) is 3.37. The van der Waals surface area contributed by atoms with Crippen LogP contribution in [0.2, 0.25) is 0 Å². The van der Waals surface area contributed by atoms with E-state index in [1.54, 1.807) is 0 Å². The summed E-state index contributed by atoms with van der Waals surface area (Å²) < 4.78 is 0. The Kier molecular flexibility index (Phi) is 28.0. The summed E-state index contributed by atoms with van der Waals surface area (Å²) in [6.07, 6.45) is 49.8. The molecule has 0 aromatic rings. The fraction of sp³-hybridized carbons (Fsp3) is 0.833. The lowest BCUT2D eigenvalue weighted by Gasteiger charge is -2.43. The first-order valence-electron chi connectivity index (χ1n) is 23.1. The molecule has 2 bridgehead atoms. The number of nitrogens with zero attached hydrogens (tertiary/aromatic N) is 2. The van der Waals surface area contributed by atoms with Crippen LogP contribution in [0.15, 0.2) is 36.5 Å². The summed E-state index contributed by atoms with van der Waals surface area (Å²) in [6.45, 7) is 6.91. The van der Waals surface area contributed by atoms with E-state index in [4.69, 9.17) is 0 Å². The molecule has 5 nitrogen and oxygen atoms in total. The van der Waals surface area contributed by atoms with Crippen molar-refractivity contribution < 1.29 is 9.59 Å². The summed E-state index contributed by atoms with van der Waals surface area (Å²) in [5.41, 5.74) is -0.617. The average Bonchev–Trinajstić information content (AvgIpc) is 3.70. The Balaban J connectivity index is 1.68. The van der Waals surface area contributed by atoms with Crippen LogP contribution in [0.5, 0.6) is 0 Å². The highest BCUT2D eigenvalue weighted by Crippen LogP contribution is 2.57. The van der Waals surface area contributed by atoms with E-state index < -0.39 is 5.54 Å². The van der Waals surface area contributed by atoms with Crippen LogP contribution in [0.3, 0.4) is 0 Å². The highest BCUT2D eigenvalue weighted by atomic mass is 16.2. The van der Waals surface area contributed by atoms with Crippen LogP contribution in [0.4, 0.5) is 0 Å². The van der Waals surface area contributed by atoms with Crippen LogP contribution in [0, 0.1) is 11.8 Å². The number of hydrogen-bond acceptors (Lipinski definition) is 3. The van der Waals surface area contributed by atoms with Crippen molar-refractivity contribution in [2.45, 2.75) is 212 Å². The second-order valence-electron chi connectivity index (χ2n) is 17.0. The van der Waals surface area contributed by atoms with E-state index in [2.05, 4.69) is 79.5 Å². The van der Waals surface area contributed by atoms with Gasteiger partial charge in [-0.05, 0) is 129 Å². The van der Waals surface area contributed by atoms with Gasteiger partial charge >= 0.3 is 0 Å². The van der Waals surface area contributed by atoms with Crippen LogP contribution in [-0.4, -0.2) is 60.9 Å². The summed E-state index contributed by atoms with van der Waals surface area (Å²) in [6, 6.07) is 0. The molecular weight excluding hydrogens is 651 g/mol. The standard InChI is InChI=1S/C48H87N3O2/c1-5-7-9-11-13-15-17-19-21-23-25-27-29-31-33-35-38-49-47(53)48(43-44-41-45(48)42-44)51(40-36-39-50(3)4)46(52)37-34-32-30-28-26-24-22-20-18-16-14-12-10-8-6-2/h14,16,19-22,44-45H,5-13,15,17-18,23-43H2,1-4H3,(H,49,53)/b16-14-,21-19-,22-20-. The van der Waals surface area contributed by atoms with Gasteiger partial charge in [-0.15, -0.1) is 0 Å². The molecule has 3 saturated carbocycles. The number of rotatable bonds is 36. The van der Waals surface area contributed by atoms with E-state index in [0.717, 1.165) is 70.9 Å². The number of carbonyl (C=O) groups excluding carboxylic acids is 2.